The first-order valence-electron chi connectivity index (χ1n) is 11.3. The Morgan fingerprint density at radius 2 is 1.80 bits per heavy atom. The van der Waals surface area contributed by atoms with E-state index in [0.29, 0.717) is 25.6 Å². The molecule has 2 fully saturated rings. The molecule has 0 bridgehead atoms. The molecule has 6 nitrogen and oxygen atoms in total. The van der Waals surface area contributed by atoms with Crippen LogP contribution in [0.4, 0.5) is 0 Å². The minimum atomic E-state index is -0.252. The van der Waals surface area contributed by atoms with Crippen LogP contribution in [0.5, 0.6) is 5.75 Å². The predicted octanol–water partition coefficient (Wildman–Crippen LogP) is 4.19. The lowest BCUT2D eigenvalue weighted by Crippen LogP contribution is -2.39. The van der Waals surface area contributed by atoms with Crippen molar-refractivity contribution in [2.45, 2.75) is 64.3 Å². The largest absolute Gasteiger partial charge is 0.497 e. The van der Waals surface area contributed by atoms with E-state index in [1.807, 2.05) is 17.0 Å². The molecule has 1 aliphatic carbocycles. The van der Waals surface area contributed by atoms with E-state index in [1.165, 1.54) is 32.1 Å². The molecule has 0 unspecified atom stereocenters. The van der Waals surface area contributed by atoms with Crippen molar-refractivity contribution in [3.8, 4) is 5.75 Å². The number of fused-ring (bicyclic) bond motifs is 1. The number of amides is 2. The van der Waals surface area contributed by atoms with E-state index >= 15 is 0 Å². The molecule has 0 spiro atoms. The van der Waals surface area contributed by atoms with Crippen molar-refractivity contribution < 1.29 is 14.3 Å². The molecule has 0 atom stereocenters. The fraction of sp³-hybridized carbons (Fsp3) is 0.583. The second-order valence-corrected chi connectivity index (χ2v) is 8.91. The van der Waals surface area contributed by atoms with Gasteiger partial charge in [-0.1, -0.05) is 19.3 Å². The van der Waals surface area contributed by atoms with Crippen molar-refractivity contribution in [3.63, 3.8) is 0 Å². The van der Waals surface area contributed by atoms with Gasteiger partial charge >= 0.3 is 0 Å². The summed E-state index contributed by atoms with van der Waals surface area (Å²) >= 11 is 0. The van der Waals surface area contributed by atoms with Gasteiger partial charge in [0.1, 0.15) is 5.75 Å². The number of carbonyl (C=O) groups excluding carboxylic acids is 2. The molecule has 2 aliphatic rings. The van der Waals surface area contributed by atoms with Crippen molar-refractivity contribution in [1.29, 1.82) is 0 Å². The Bertz CT molecular complexity index is 935. The lowest BCUT2D eigenvalue weighted by molar-refractivity contribution is -0.119. The third-order valence-corrected chi connectivity index (χ3v) is 7.00. The summed E-state index contributed by atoms with van der Waals surface area (Å²) in [4.78, 5) is 26.8. The van der Waals surface area contributed by atoms with Crippen LogP contribution in [0, 0.1) is 12.8 Å². The second kappa shape index (κ2) is 8.70. The molecule has 2 amide bonds. The average molecular weight is 412 g/mol. The Balaban J connectivity index is 1.68. The van der Waals surface area contributed by atoms with E-state index in [1.54, 1.807) is 7.11 Å². The highest BCUT2D eigenvalue weighted by atomic mass is 16.5. The van der Waals surface area contributed by atoms with E-state index < -0.39 is 0 Å². The van der Waals surface area contributed by atoms with Gasteiger partial charge in [0.25, 0.3) is 5.91 Å². The van der Waals surface area contributed by atoms with Gasteiger partial charge in [-0.15, -0.1) is 0 Å². The van der Waals surface area contributed by atoms with Gasteiger partial charge in [0.2, 0.25) is 5.91 Å². The van der Waals surface area contributed by atoms with Crippen LogP contribution in [0.15, 0.2) is 18.2 Å². The smallest absolute Gasteiger partial charge is 0.256 e. The van der Waals surface area contributed by atoms with Crippen molar-refractivity contribution in [1.82, 2.24) is 9.47 Å². The zero-order chi connectivity index (χ0) is 21.3. The maximum absolute atomic E-state index is 13.6. The van der Waals surface area contributed by atoms with Crippen LogP contribution in [-0.4, -0.2) is 41.5 Å². The Morgan fingerprint density at radius 1 is 1.10 bits per heavy atom. The summed E-state index contributed by atoms with van der Waals surface area (Å²) in [5, 5.41) is 0.988. The van der Waals surface area contributed by atoms with Crippen LogP contribution in [0.3, 0.4) is 0 Å². The van der Waals surface area contributed by atoms with E-state index in [0.717, 1.165) is 40.8 Å². The van der Waals surface area contributed by atoms with Crippen LogP contribution in [0.2, 0.25) is 0 Å². The molecule has 30 heavy (non-hydrogen) atoms. The highest BCUT2D eigenvalue weighted by Gasteiger charge is 2.30. The standard InChI is InChI=1S/C24H33N3O3/c1-16-23(24(29)26-12-10-17(11-13-26)14-22(25)28)20-15-19(30-2)8-9-21(20)27(16)18-6-4-3-5-7-18/h8-9,15,17-18H,3-7,10-14H2,1-2H3,(H2,25,28). The fourth-order valence-electron chi connectivity index (χ4n) is 5.41. The van der Waals surface area contributed by atoms with Crippen molar-refractivity contribution >= 4 is 22.7 Å². The van der Waals surface area contributed by atoms with Crippen LogP contribution in [0.1, 0.15) is 73.5 Å². The molecule has 1 aliphatic heterocycles. The molecular formula is C24H33N3O3. The van der Waals surface area contributed by atoms with Gasteiger partial charge < -0.3 is 19.9 Å². The van der Waals surface area contributed by atoms with Crippen LogP contribution < -0.4 is 10.5 Å². The second-order valence-electron chi connectivity index (χ2n) is 8.91. The predicted molar refractivity (Wildman–Crippen MR) is 118 cm³/mol. The number of carbonyl (C=O) groups is 2. The van der Waals surface area contributed by atoms with Crippen LogP contribution in [-0.2, 0) is 4.79 Å². The van der Waals surface area contributed by atoms with Gasteiger partial charge in [-0.05, 0) is 56.7 Å². The molecule has 4 rings (SSSR count). The minimum Gasteiger partial charge on any atom is -0.497 e. The molecule has 6 heteroatoms. The number of likely N-dealkylation sites (tertiary alicyclic amines) is 1. The third-order valence-electron chi connectivity index (χ3n) is 7.00. The fourth-order valence-corrected chi connectivity index (χ4v) is 5.41. The number of benzene rings is 1. The number of nitrogens with zero attached hydrogens (tertiary/aromatic N) is 2. The number of hydrogen-bond acceptors (Lipinski definition) is 3. The SMILES string of the molecule is COc1ccc2c(c1)c(C(=O)N1CCC(CC(N)=O)CC1)c(C)n2C1CCCCC1. The zero-order valence-electron chi connectivity index (χ0n) is 18.2. The molecule has 1 aromatic carbocycles. The van der Waals surface area contributed by atoms with Gasteiger partial charge in [-0.3, -0.25) is 9.59 Å². The van der Waals surface area contributed by atoms with Crippen molar-refractivity contribution in [2.24, 2.45) is 11.7 Å². The first-order valence-corrected chi connectivity index (χ1v) is 11.3. The van der Waals surface area contributed by atoms with Gasteiger partial charge in [-0.25, -0.2) is 0 Å². The summed E-state index contributed by atoms with van der Waals surface area (Å²) in [6, 6.07) is 6.56. The highest BCUT2D eigenvalue weighted by molar-refractivity contribution is 6.09. The van der Waals surface area contributed by atoms with Gasteiger partial charge in [0.15, 0.2) is 0 Å². The molecule has 162 valence electrons. The third kappa shape index (κ3) is 3.92. The van der Waals surface area contributed by atoms with Crippen molar-refractivity contribution in [2.75, 3.05) is 20.2 Å². The average Bonchev–Trinajstić information content (AvgIpc) is 3.04. The summed E-state index contributed by atoms with van der Waals surface area (Å²) in [5.74, 6) is 0.907. The van der Waals surface area contributed by atoms with Gasteiger partial charge in [0, 0.05) is 42.1 Å². The number of piperidine rings is 1. The Labute approximate surface area is 178 Å². The van der Waals surface area contributed by atoms with Gasteiger partial charge in [0.05, 0.1) is 12.7 Å². The number of hydrogen-bond donors (Lipinski definition) is 1. The molecular weight excluding hydrogens is 378 g/mol. The number of methoxy groups -OCH3 is 1. The zero-order valence-corrected chi connectivity index (χ0v) is 18.2. The van der Waals surface area contributed by atoms with E-state index in [-0.39, 0.29) is 17.7 Å². The maximum Gasteiger partial charge on any atom is 0.256 e. The maximum atomic E-state index is 13.6. The Morgan fingerprint density at radius 3 is 2.43 bits per heavy atom. The van der Waals surface area contributed by atoms with E-state index in [4.69, 9.17) is 10.5 Å². The van der Waals surface area contributed by atoms with Crippen molar-refractivity contribution in [3.05, 3.63) is 29.5 Å². The molecule has 1 saturated carbocycles. The Kier molecular flexibility index (Phi) is 6.02. The quantitative estimate of drug-likeness (QED) is 0.801. The van der Waals surface area contributed by atoms with Crippen LogP contribution in [0.25, 0.3) is 10.9 Å². The summed E-state index contributed by atoms with van der Waals surface area (Å²) in [6.07, 6.45) is 8.21. The first kappa shape index (κ1) is 20.8. The number of ether oxygens (including phenoxy) is 1. The van der Waals surface area contributed by atoms with Gasteiger partial charge in [-0.2, -0.15) is 0 Å². The molecule has 0 radical (unpaired) electrons. The number of nitrogens with two attached hydrogens (primary N) is 1. The summed E-state index contributed by atoms with van der Waals surface area (Å²) in [6.45, 7) is 3.45. The minimum absolute atomic E-state index is 0.0952. The molecule has 2 N–H and O–H groups in total. The molecule has 2 aromatic rings. The first-order chi connectivity index (χ1) is 14.5. The molecule has 1 saturated heterocycles. The van der Waals surface area contributed by atoms with E-state index in [9.17, 15) is 9.59 Å². The Hall–Kier alpha value is -2.50. The highest BCUT2D eigenvalue weighted by Crippen LogP contribution is 2.38. The van der Waals surface area contributed by atoms with E-state index in [2.05, 4.69) is 17.6 Å². The number of aromatic nitrogens is 1. The monoisotopic (exact) mass is 411 g/mol. The summed E-state index contributed by atoms with van der Waals surface area (Å²) in [7, 11) is 1.66. The topological polar surface area (TPSA) is 77.6 Å². The molecule has 1 aromatic heterocycles. The molecule has 2 heterocycles. The van der Waals surface area contributed by atoms with Crippen LogP contribution >= 0.6 is 0 Å². The number of rotatable bonds is 5. The lowest BCUT2D eigenvalue weighted by atomic mass is 9.93. The normalized spacial score (nSPS) is 18.7. The summed E-state index contributed by atoms with van der Waals surface area (Å²) < 4.78 is 7.87. The lowest BCUT2D eigenvalue weighted by Gasteiger charge is -2.32. The summed E-state index contributed by atoms with van der Waals surface area (Å²) in [5.41, 5.74) is 8.36. The number of primary amides is 1.